The van der Waals surface area contributed by atoms with Crippen molar-refractivity contribution in [2.24, 2.45) is 0 Å². The number of hydrogen-bond acceptors (Lipinski definition) is 4. The van der Waals surface area contributed by atoms with Gasteiger partial charge in [-0.1, -0.05) is 18.2 Å². The Morgan fingerprint density at radius 3 is 2.54 bits per heavy atom. The molecule has 0 unspecified atom stereocenters. The van der Waals surface area contributed by atoms with E-state index in [4.69, 9.17) is 5.11 Å². The van der Waals surface area contributed by atoms with E-state index in [0.717, 1.165) is 5.69 Å². The normalized spacial score (nSPS) is 16.6. The van der Waals surface area contributed by atoms with E-state index in [2.05, 4.69) is 4.98 Å². The monoisotopic (exact) mass is 353 g/mol. The fraction of sp³-hybridized carbons (Fsp3) is 0.263. The topological polar surface area (TPSA) is 90.8 Å². The van der Waals surface area contributed by atoms with Crippen molar-refractivity contribution in [3.05, 3.63) is 59.9 Å². The number of carbonyl (C=O) groups excluding carboxylic acids is 2. The highest BCUT2D eigenvalue weighted by atomic mass is 16.4. The molecule has 0 bridgehead atoms. The van der Waals surface area contributed by atoms with E-state index in [9.17, 15) is 14.4 Å². The second-order valence-corrected chi connectivity index (χ2v) is 5.96. The van der Waals surface area contributed by atoms with Crippen LogP contribution in [0, 0.1) is 0 Å². The summed E-state index contributed by atoms with van der Waals surface area (Å²) in [5.41, 5.74) is 0.954. The van der Waals surface area contributed by atoms with E-state index in [1.165, 1.54) is 23.2 Å². The summed E-state index contributed by atoms with van der Waals surface area (Å²) in [4.78, 5) is 43.5. The number of benzene rings is 1. The van der Waals surface area contributed by atoms with Gasteiger partial charge in [-0.25, -0.2) is 9.78 Å². The average molecular weight is 353 g/mol. The van der Waals surface area contributed by atoms with Crippen molar-refractivity contribution in [3.63, 3.8) is 0 Å². The van der Waals surface area contributed by atoms with Gasteiger partial charge in [-0.2, -0.15) is 0 Å². The van der Waals surface area contributed by atoms with Gasteiger partial charge in [0.1, 0.15) is 11.7 Å². The van der Waals surface area contributed by atoms with Crippen LogP contribution in [0.1, 0.15) is 34.2 Å². The average Bonchev–Trinajstić information content (AvgIpc) is 3.04. The Balaban J connectivity index is 1.79. The third-order valence-corrected chi connectivity index (χ3v) is 4.45. The Labute approximate surface area is 150 Å². The number of likely N-dealkylation sites (N-methyl/N-ethyl adjacent to an activating group) is 1. The molecule has 1 aliphatic heterocycles. The minimum atomic E-state index is -1.15. The Bertz CT molecular complexity index is 820. The maximum absolute atomic E-state index is 12.8. The number of para-hydroxylation sites is 1. The lowest BCUT2D eigenvalue weighted by molar-refractivity contribution is -0.120. The first-order valence-electron chi connectivity index (χ1n) is 8.39. The number of aromatic carboxylic acids is 1. The van der Waals surface area contributed by atoms with Crippen LogP contribution in [0.25, 0.3) is 0 Å². The lowest BCUT2D eigenvalue weighted by Crippen LogP contribution is -2.45. The molecule has 7 heteroatoms. The number of nitrogens with zero attached hydrogens (tertiary/aromatic N) is 3. The van der Waals surface area contributed by atoms with Gasteiger partial charge in [-0.05, 0) is 37.6 Å². The maximum Gasteiger partial charge on any atom is 0.354 e. The van der Waals surface area contributed by atoms with Gasteiger partial charge in [-0.3, -0.25) is 9.59 Å². The predicted octanol–water partition coefficient (Wildman–Crippen LogP) is 2.05. The molecule has 0 radical (unpaired) electrons. The molecule has 26 heavy (non-hydrogen) atoms. The predicted molar refractivity (Wildman–Crippen MR) is 95.1 cm³/mol. The first-order valence-corrected chi connectivity index (χ1v) is 8.39. The largest absolute Gasteiger partial charge is 0.477 e. The SMILES string of the molecule is CCN(C(=O)c1ccc(C(=O)O)nc1)[C@H]1CCN(c2ccccc2)C1=O. The van der Waals surface area contributed by atoms with E-state index in [1.54, 1.807) is 4.90 Å². The molecule has 1 aliphatic rings. The minimum Gasteiger partial charge on any atom is -0.477 e. The third-order valence-electron chi connectivity index (χ3n) is 4.45. The van der Waals surface area contributed by atoms with Gasteiger partial charge in [0.05, 0.1) is 5.56 Å². The summed E-state index contributed by atoms with van der Waals surface area (Å²) in [6.07, 6.45) is 1.79. The second kappa shape index (κ2) is 7.35. The Kier molecular flexibility index (Phi) is 4.97. The molecule has 7 nitrogen and oxygen atoms in total. The highest BCUT2D eigenvalue weighted by molar-refractivity contribution is 6.04. The smallest absolute Gasteiger partial charge is 0.354 e. The van der Waals surface area contributed by atoms with E-state index in [1.807, 2.05) is 37.3 Å². The lowest BCUT2D eigenvalue weighted by Gasteiger charge is -2.27. The number of aromatic nitrogens is 1. The molecule has 1 aromatic heterocycles. The fourth-order valence-corrected chi connectivity index (χ4v) is 3.14. The van der Waals surface area contributed by atoms with Gasteiger partial charge in [0.25, 0.3) is 5.91 Å². The number of carbonyl (C=O) groups is 3. The molecule has 2 aromatic rings. The molecule has 1 fully saturated rings. The molecule has 1 N–H and O–H groups in total. The molecule has 1 saturated heterocycles. The van der Waals surface area contributed by atoms with Gasteiger partial charge in [0, 0.05) is 25.0 Å². The molecule has 134 valence electrons. The highest BCUT2D eigenvalue weighted by Gasteiger charge is 2.38. The summed E-state index contributed by atoms with van der Waals surface area (Å²) >= 11 is 0. The number of hydrogen-bond donors (Lipinski definition) is 1. The molecule has 1 atom stereocenters. The van der Waals surface area contributed by atoms with E-state index < -0.39 is 12.0 Å². The molecule has 0 spiro atoms. The summed E-state index contributed by atoms with van der Waals surface area (Å²) in [6, 6.07) is 11.5. The van der Waals surface area contributed by atoms with Crippen molar-refractivity contribution in [2.75, 3.05) is 18.0 Å². The zero-order valence-corrected chi connectivity index (χ0v) is 14.3. The van der Waals surface area contributed by atoms with E-state index in [-0.39, 0.29) is 23.1 Å². The summed E-state index contributed by atoms with van der Waals surface area (Å²) in [5.74, 6) is -1.59. The molecular formula is C19H19N3O4. The van der Waals surface area contributed by atoms with Gasteiger partial charge >= 0.3 is 5.97 Å². The Morgan fingerprint density at radius 1 is 1.23 bits per heavy atom. The molecule has 2 heterocycles. The number of carboxylic acids is 1. The zero-order chi connectivity index (χ0) is 18.7. The third kappa shape index (κ3) is 3.28. The van der Waals surface area contributed by atoms with Gasteiger partial charge in [0.2, 0.25) is 5.91 Å². The standard InChI is InChI=1S/C19H19N3O4/c1-2-21(17(23)13-8-9-15(19(25)26)20-12-13)16-10-11-22(18(16)24)14-6-4-3-5-7-14/h3-9,12,16H,2,10-11H2,1H3,(H,25,26)/t16-/m0/s1. The van der Waals surface area contributed by atoms with Crippen LogP contribution in [0.3, 0.4) is 0 Å². The minimum absolute atomic E-state index is 0.110. The zero-order valence-electron chi connectivity index (χ0n) is 14.3. The Morgan fingerprint density at radius 2 is 1.96 bits per heavy atom. The summed E-state index contributed by atoms with van der Waals surface area (Å²) in [7, 11) is 0. The van der Waals surface area contributed by atoms with Crippen LogP contribution in [0.5, 0.6) is 0 Å². The molecule has 2 amide bonds. The summed E-state index contributed by atoms with van der Waals surface area (Å²) in [6.45, 7) is 2.74. The first kappa shape index (κ1) is 17.6. The van der Waals surface area contributed by atoms with E-state index >= 15 is 0 Å². The number of amides is 2. The van der Waals surface area contributed by atoms with Crippen molar-refractivity contribution < 1.29 is 19.5 Å². The molecule has 0 saturated carbocycles. The molecule has 0 aliphatic carbocycles. The van der Waals surface area contributed by atoms with Crippen LogP contribution in [-0.4, -0.2) is 51.9 Å². The van der Waals surface area contributed by atoms with Crippen LogP contribution >= 0.6 is 0 Å². The van der Waals surface area contributed by atoms with Crippen LogP contribution < -0.4 is 4.90 Å². The van der Waals surface area contributed by atoms with Gasteiger partial charge in [-0.15, -0.1) is 0 Å². The Hall–Kier alpha value is -3.22. The maximum atomic E-state index is 12.8. The second-order valence-electron chi connectivity index (χ2n) is 5.96. The van der Waals surface area contributed by atoms with Crippen molar-refractivity contribution >= 4 is 23.5 Å². The van der Waals surface area contributed by atoms with Crippen molar-refractivity contribution in [1.29, 1.82) is 0 Å². The molecule has 1 aromatic carbocycles. The quantitative estimate of drug-likeness (QED) is 0.888. The van der Waals surface area contributed by atoms with Crippen LogP contribution in [0.2, 0.25) is 0 Å². The number of carboxylic acid groups (broad SMARTS) is 1. The van der Waals surface area contributed by atoms with Crippen LogP contribution in [0.4, 0.5) is 5.69 Å². The van der Waals surface area contributed by atoms with Crippen LogP contribution in [0.15, 0.2) is 48.7 Å². The summed E-state index contributed by atoms with van der Waals surface area (Å²) in [5, 5.41) is 8.91. The van der Waals surface area contributed by atoms with Crippen molar-refractivity contribution in [3.8, 4) is 0 Å². The van der Waals surface area contributed by atoms with Gasteiger partial charge in [0.15, 0.2) is 0 Å². The van der Waals surface area contributed by atoms with E-state index in [0.29, 0.717) is 19.5 Å². The summed E-state index contributed by atoms with van der Waals surface area (Å²) < 4.78 is 0. The number of anilines is 1. The van der Waals surface area contributed by atoms with Crippen LogP contribution in [-0.2, 0) is 4.79 Å². The number of pyridine rings is 1. The highest BCUT2D eigenvalue weighted by Crippen LogP contribution is 2.25. The lowest BCUT2D eigenvalue weighted by atomic mass is 10.1. The van der Waals surface area contributed by atoms with Gasteiger partial charge < -0.3 is 14.9 Å². The fourth-order valence-electron chi connectivity index (χ4n) is 3.14. The molecule has 3 rings (SSSR count). The molecular weight excluding hydrogens is 334 g/mol. The van der Waals surface area contributed by atoms with Crippen molar-refractivity contribution in [1.82, 2.24) is 9.88 Å². The number of rotatable bonds is 5. The van der Waals surface area contributed by atoms with Crippen molar-refractivity contribution in [2.45, 2.75) is 19.4 Å². The first-order chi connectivity index (χ1) is 12.5.